The second-order valence-corrected chi connectivity index (χ2v) is 4.44. The predicted molar refractivity (Wildman–Crippen MR) is 93.9 cm³/mol. The Morgan fingerprint density at radius 2 is 1.77 bits per heavy atom. The number of anilines is 1. The fraction of sp³-hybridized carbons (Fsp3) is 0.125. The molecule has 2 aromatic heterocycles. The molecule has 3 rings (SSSR count). The third kappa shape index (κ3) is 4.06. The summed E-state index contributed by atoms with van der Waals surface area (Å²) in [5, 5.41) is 4.01. The van der Waals surface area contributed by atoms with Gasteiger partial charge in [-0.05, 0) is 24.3 Å². The summed E-state index contributed by atoms with van der Waals surface area (Å²) >= 11 is 0. The quantitative estimate of drug-likeness (QED) is 0.759. The van der Waals surface area contributed by atoms with Crippen molar-refractivity contribution in [3.63, 3.8) is 0 Å². The summed E-state index contributed by atoms with van der Waals surface area (Å²) in [6.45, 7) is -0.129. The monoisotopic (exact) mass is 339 g/mol. The van der Waals surface area contributed by atoms with Gasteiger partial charge in [-0.3, -0.25) is 0 Å². The van der Waals surface area contributed by atoms with E-state index in [0.29, 0.717) is 5.82 Å². The van der Waals surface area contributed by atoms with Crippen LogP contribution < -0.4 is 5.32 Å². The van der Waals surface area contributed by atoms with E-state index in [4.69, 9.17) is 0 Å². The van der Waals surface area contributed by atoms with Gasteiger partial charge in [-0.15, -0.1) is 24.8 Å². The van der Waals surface area contributed by atoms with Gasteiger partial charge in [-0.25, -0.2) is 14.4 Å². The Morgan fingerprint density at radius 3 is 2.50 bits per heavy atom. The van der Waals surface area contributed by atoms with Crippen LogP contribution in [0.1, 0.15) is 0 Å². The zero-order valence-electron chi connectivity index (χ0n) is 11.7. The van der Waals surface area contributed by atoms with Crippen LogP contribution >= 0.6 is 24.8 Å². The lowest BCUT2D eigenvalue weighted by atomic mass is 10.1. The summed E-state index contributed by atoms with van der Waals surface area (Å²) in [7, 11) is 0. The third-order valence-corrected chi connectivity index (χ3v) is 3.06. The van der Waals surface area contributed by atoms with Crippen LogP contribution in [0.4, 0.5) is 10.2 Å². The molecule has 0 saturated heterocycles. The predicted octanol–water partition coefficient (Wildman–Crippen LogP) is 4.52. The van der Waals surface area contributed by atoms with E-state index in [1.807, 2.05) is 48.5 Å². The molecule has 0 fully saturated rings. The first-order chi connectivity index (χ1) is 9.86. The molecule has 6 heteroatoms. The Morgan fingerprint density at radius 1 is 0.955 bits per heavy atom. The van der Waals surface area contributed by atoms with Crippen molar-refractivity contribution in [2.45, 2.75) is 0 Å². The zero-order chi connectivity index (χ0) is 13.8. The summed E-state index contributed by atoms with van der Waals surface area (Å²) in [5.74, 6) is 0.673. The summed E-state index contributed by atoms with van der Waals surface area (Å²) in [5.41, 5.74) is 2.79. The maximum absolute atomic E-state index is 12.1. The van der Waals surface area contributed by atoms with Crippen LogP contribution in [0.5, 0.6) is 0 Å². The van der Waals surface area contributed by atoms with Crippen molar-refractivity contribution in [1.29, 1.82) is 0 Å². The normalized spacial score (nSPS) is 9.68. The number of fused-ring (bicyclic) bond motifs is 1. The minimum Gasteiger partial charge on any atom is -0.367 e. The standard InChI is InChI=1S/C16H14FN3.2ClH/c17-9-10-18-16-8-6-13(11-19-16)15-7-5-12-3-1-2-4-14(12)20-15;;/h1-8,11H,9-10H2,(H,18,19);2*1H. The Bertz CT molecular complexity index is 720. The summed E-state index contributed by atoms with van der Waals surface area (Å²) in [4.78, 5) is 8.87. The molecule has 0 aliphatic carbocycles. The molecule has 0 aliphatic rings. The summed E-state index contributed by atoms with van der Waals surface area (Å²) in [6, 6.07) is 15.8. The van der Waals surface area contributed by atoms with E-state index in [1.54, 1.807) is 6.20 Å². The van der Waals surface area contributed by atoms with Gasteiger partial charge < -0.3 is 5.32 Å². The first-order valence-corrected chi connectivity index (χ1v) is 6.49. The minimum atomic E-state index is -0.407. The highest BCUT2D eigenvalue weighted by Crippen LogP contribution is 2.21. The largest absolute Gasteiger partial charge is 0.367 e. The number of benzene rings is 1. The summed E-state index contributed by atoms with van der Waals surface area (Å²) < 4.78 is 12.1. The maximum atomic E-state index is 12.1. The molecule has 0 aliphatic heterocycles. The van der Waals surface area contributed by atoms with Gasteiger partial charge in [0.1, 0.15) is 12.5 Å². The molecule has 0 spiro atoms. The molecule has 3 nitrogen and oxygen atoms in total. The zero-order valence-corrected chi connectivity index (χ0v) is 13.3. The average Bonchev–Trinajstić information content (AvgIpc) is 2.53. The van der Waals surface area contributed by atoms with Gasteiger partial charge in [0, 0.05) is 23.7 Å². The van der Waals surface area contributed by atoms with E-state index in [9.17, 15) is 4.39 Å². The molecule has 0 saturated carbocycles. The Hall–Kier alpha value is -1.91. The lowest BCUT2D eigenvalue weighted by Crippen LogP contribution is -2.04. The van der Waals surface area contributed by atoms with Gasteiger partial charge in [0.2, 0.25) is 0 Å². The molecule has 1 N–H and O–H groups in total. The number of halogens is 3. The van der Waals surface area contributed by atoms with Crippen molar-refractivity contribution in [2.75, 3.05) is 18.5 Å². The molecule has 1 aromatic carbocycles. The van der Waals surface area contributed by atoms with Gasteiger partial charge in [0.05, 0.1) is 11.2 Å². The van der Waals surface area contributed by atoms with E-state index < -0.39 is 6.67 Å². The van der Waals surface area contributed by atoms with Crippen LogP contribution in [-0.4, -0.2) is 23.2 Å². The van der Waals surface area contributed by atoms with Crippen LogP contribution in [0.15, 0.2) is 54.7 Å². The van der Waals surface area contributed by atoms with Gasteiger partial charge in [0.15, 0.2) is 0 Å². The fourth-order valence-corrected chi connectivity index (χ4v) is 2.05. The van der Waals surface area contributed by atoms with E-state index in [1.165, 1.54) is 0 Å². The van der Waals surface area contributed by atoms with Crippen molar-refractivity contribution in [3.05, 3.63) is 54.7 Å². The molecule has 3 aromatic rings. The summed E-state index contributed by atoms with van der Waals surface area (Å²) in [6.07, 6.45) is 1.75. The first-order valence-electron chi connectivity index (χ1n) is 6.49. The van der Waals surface area contributed by atoms with Gasteiger partial charge in [-0.1, -0.05) is 24.3 Å². The Balaban J connectivity index is 0.00000121. The minimum absolute atomic E-state index is 0. The highest BCUT2D eigenvalue weighted by atomic mass is 35.5. The van der Waals surface area contributed by atoms with Crippen LogP contribution in [0.25, 0.3) is 22.2 Å². The highest BCUT2D eigenvalue weighted by Gasteiger charge is 2.02. The lowest BCUT2D eigenvalue weighted by Gasteiger charge is -2.05. The smallest absolute Gasteiger partial charge is 0.126 e. The fourth-order valence-electron chi connectivity index (χ4n) is 2.05. The van der Waals surface area contributed by atoms with Crippen molar-refractivity contribution in [2.24, 2.45) is 0 Å². The van der Waals surface area contributed by atoms with Crippen molar-refractivity contribution in [3.8, 4) is 11.3 Å². The Kier molecular flexibility index (Phi) is 7.02. The van der Waals surface area contributed by atoms with Crippen LogP contribution in [0, 0.1) is 0 Å². The number of para-hydroxylation sites is 1. The van der Waals surface area contributed by atoms with Crippen LogP contribution in [0.2, 0.25) is 0 Å². The number of nitrogens with zero attached hydrogens (tertiary/aromatic N) is 2. The molecule has 116 valence electrons. The molecule has 2 heterocycles. The van der Waals surface area contributed by atoms with E-state index >= 15 is 0 Å². The third-order valence-electron chi connectivity index (χ3n) is 3.06. The highest BCUT2D eigenvalue weighted by molar-refractivity contribution is 5.85. The molecule has 0 radical (unpaired) electrons. The number of nitrogens with one attached hydrogen (secondary N) is 1. The van der Waals surface area contributed by atoms with Gasteiger partial charge >= 0.3 is 0 Å². The van der Waals surface area contributed by atoms with Gasteiger partial charge in [0.25, 0.3) is 0 Å². The Labute approximate surface area is 140 Å². The molecule has 22 heavy (non-hydrogen) atoms. The van der Waals surface area contributed by atoms with E-state index in [2.05, 4.69) is 15.3 Å². The van der Waals surface area contributed by atoms with Crippen molar-refractivity contribution < 1.29 is 4.39 Å². The number of alkyl halides is 1. The van der Waals surface area contributed by atoms with Gasteiger partial charge in [-0.2, -0.15) is 0 Å². The molecule has 0 bridgehead atoms. The molecule has 0 amide bonds. The number of pyridine rings is 2. The second kappa shape index (κ2) is 8.51. The SMILES string of the molecule is Cl.Cl.FCCNc1ccc(-c2ccc3ccccc3n2)cn1. The maximum Gasteiger partial charge on any atom is 0.126 e. The average molecular weight is 340 g/mol. The number of hydrogen-bond donors (Lipinski definition) is 1. The second-order valence-electron chi connectivity index (χ2n) is 4.44. The molecular weight excluding hydrogens is 324 g/mol. The van der Waals surface area contributed by atoms with E-state index in [0.717, 1.165) is 22.2 Å². The number of hydrogen-bond acceptors (Lipinski definition) is 3. The van der Waals surface area contributed by atoms with Crippen LogP contribution in [0.3, 0.4) is 0 Å². The van der Waals surface area contributed by atoms with Crippen molar-refractivity contribution >= 4 is 41.5 Å². The lowest BCUT2D eigenvalue weighted by molar-refractivity contribution is 0.512. The topological polar surface area (TPSA) is 37.8 Å². The van der Waals surface area contributed by atoms with Crippen molar-refractivity contribution in [1.82, 2.24) is 9.97 Å². The molecule has 0 unspecified atom stereocenters. The molecular formula is C16H16Cl2FN3. The van der Waals surface area contributed by atoms with Crippen LogP contribution in [-0.2, 0) is 0 Å². The number of aromatic nitrogens is 2. The molecule has 0 atom stereocenters. The first kappa shape index (κ1) is 18.1. The van der Waals surface area contributed by atoms with E-state index in [-0.39, 0.29) is 31.4 Å². The number of rotatable bonds is 4.